The van der Waals surface area contributed by atoms with Gasteiger partial charge in [-0.3, -0.25) is 0 Å². The Balaban J connectivity index is 2.95. The third-order valence-electron chi connectivity index (χ3n) is 1.66. The van der Waals surface area contributed by atoms with E-state index in [1.807, 2.05) is 6.07 Å². The summed E-state index contributed by atoms with van der Waals surface area (Å²) in [7, 11) is 1.34. The smallest absolute Gasteiger partial charge is 0.339 e. The Morgan fingerprint density at radius 1 is 1.57 bits per heavy atom. The van der Waals surface area contributed by atoms with Gasteiger partial charge in [0.1, 0.15) is 0 Å². The Hall–Kier alpha value is -0.670. The number of rotatable bonds is 3. The van der Waals surface area contributed by atoms with Crippen molar-refractivity contribution in [2.75, 3.05) is 12.9 Å². The molecule has 0 radical (unpaired) electrons. The molecule has 0 unspecified atom stereocenters. The first-order valence-electron chi connectivity index (χ1n) is 4.19. The van der Waals surface area contributed by atoms with Crippen LogP contribution in [-0.4, -0.2) is 18.8 Å². The minimum Gasteiger partial charge on any atom is -0.465 e. The predicted molar refractivity (Wildman–Crippen MR) is 59.2 cm³/mol. The molecule has 0 saturated heterocycles. The van der Waals surface area contributed by atoms with E-state index in [2.05, 4.69) is 11.7 Å². The number of thioether (sulfide) groups is 1. The van der Waals surface area contributed by atoms with Crippen LogP contribution in [0.4, 0.5) is 0 Å². The van der Waals surface area contributed by atoms with Crippen LogP contribution in [0.25, 0.3) is 0 Å². The summed E-state index contributed by atoms with van der Waals surface area (Å²) in [6, 6.07) is 5.33. The summed E-state index contributed by atoms with van der Waals surface area (Å²) in [5.74, 6) is 0.580. The second-order valence-corrected chi connectivity index (χ2v) is 4.31. The molecule has 0 heterocycles. The third kappa shape index (κ3) is 2.66. The van der Waals surface area contributed by atoms with Crippen molar-refractivity contribution in [3.05, 3.63) is 28.8 Å². The van der Waals surface area contributed by atoms with E-state index in [-0.39, 0.29) is 0 Å². The first-order chi connectivity index (χ1) is 6.69. The standard InChI is InChI=1S/C10H11ClO2S/c1-3-14-7-4-5-8(9(11)6-7)10(12)13-2/h4-6H,3H2,1-2H3. The number of methoxy groups -OCH3 is 1. The van der Waals surface area contributed by atoms with Crippen molar-refractivity contribution in [2.24, 2.45) is 0 Å². The molecule has 0 bridgehead atoms. The molecule has 1 aromatic carbocycles. The normalized spacial score (nSPS) is 9.93. The van der Waals surface area contributed by atoms with Gasteiger partial charge < -0.3 is 4.74 Å². The van der Waals surface area contributed by atoms with Gasteiger partial charge in [-0.25, -0.2) is 4.79 Å². The van der Waals surface area contributed by atoms with Gasteiger partial charge in [-0.2, -0.15) is 0 Å². The van der Waals surface area contributed by atoms with Gasteiger partial charge in [0, 0.05) is 4.90 Å². The highest BCUT2D eigenvalue weighted by atomic mass is 35.5. The number of halogens is 1. The summed E-state index contributed by atoms with van der Waals surface area (Å²) in [5.41, 5.74) is 0.412. The maximum absolute atomic E-state index is 11.2. The van der Waals surface area contributed by atoms with Crippen molar-refractivity contribution < 1.29 is 9.53 Å². The van der Waals surface area contributed by atoms with Gasteiger partial charge in [0.2, 0.25) is 0 Å². The Morgan fingerprint density at radius 3 is 2.79 bits per heavy atom. The van der Waals surface area contributed by atoms with Crippen molar-refractivity contribution in [1.82, 2.24) is 0 Å². The highest BCUT2D eigenvalue weighted by Crippen LogP contribution is 2.25. The van der Waals surface area contributed by atoms with Crippen LogP contribution >= 0.6 is 23.4 Å². The van der Waals surface area contributed by atoms with Gasteiger partial charge in [-0.15, -0.1) is 11.8 Å². The van der Waals surface area contributed by atoms with E-state index < -0.39 is 5.97 Å². The van der Waals surface area contributed by atoms with Gasteiger partial charge in [-0.05, 0) is 24.0 Å². The highest BCUT2D eigenvalue weighted by Gasteiger charge is 2.10. The van der Waals surface area contributed by atoms with E-state index >= 15 is 0 Å². The number of carbonyl (C=O) groups is 1. The lowest BCUT2D eigenvalue weighted by atomic mass is 10.2. The molecule has 0 N–H and O–H groups in total. The molecule has 0 aliphatic heterocycles. The zero-order chi connectivity index (χ0) is 10.6. The second-order valence-electron chi connectivity index (χ2n) is 2.57. The van der Waals surface area contributed by atoms with Gasteiger partial charge >= 0.3 is 5.97 Å². The van der Waals surface area contributed by atoms with Crippen molar-refractivity contribution in [3.8, 4) is 0 Å². The molecule has 1 aromatic rings. The Bertz CT molecular complexity index is 339. The van der Waals surface area contributed by atoms with Crippen LogP contribution < -0.4 is 0 Å². The van der Waals surface area contributed by atoms with E-state index in [0.29, 0.717) is 10.6 Å². The number of hydrogen-bond acceptors (Lipinski definition) is 3. The molecule has 2 nitrogen and oxygen atoms in total. The topological polar surface area (TPSA) is 26.3 Å². The Labute approximate surface area is 92.6 Å². The third-order valence-corrected chi connectivity index (χ3v) is 2.85. The summed E-state index contributed by atoms with van der Waals surface area (Å²) in [5, 5.41) is 0.440. The Kier molecular flexibility index (Phi) is 4.29. The average molecular weight is 231 g/mol. The number of esters is 1. The summed E-state index contributed by atoms with van der Waals surface area (Å²) in [6.07, 6.45) is 0. The predicted octanol–water partition coefficient (Wildman–Crippen LogP) is 3.24. The van der Waals surface area contributed by atoms with Crippen LogP contribution in [0, 0.1) is 0 Å². The van der Waals surface area contributed by atoms with Crippen LogP contribution in [-0.2, 0) is 4.74 Å². The van der Waals surface area contributed by atoms with Crippen LogP contribution in [0.3, 0.4) is 0 Å². The monoisotopic (exact) mass is 230 g/mol. The first kappa shape index (κ1) is 11.4. The molecule has 0 atom stereocenters. The highest BCUT2D eigenvalue weighted by molar-refractivity contribution is 7.99. The molecule has 0 fully saturated rings. The van der Waals surface area contributed by atoms with Gasteiger partial charge in [0.05, 0.1) is 17.7 Å². The van der Waals surface area contributed by atoms with Crippen molar-refractivity contribution >= 4 is 29.3 Å². The second kappa shape index (κ2) is 5.27. The molecule has 0 amide bonds. The quantitative estimate of drug-likeness (QED) is 0.589. The molecule has 0 aliphatic rings. The molecular formula is C10H11ClO2S. The number of benzene rings is 1. The van der Waals surface area contributed by atoms with Gasteiger partial charge in [0.25, 0.3) is 0 Å². The van der Waals surface area contributed by atoms with Crippen molar-refractivity contribution in [3.63, 3.8) is 0 Å². The minimum absolute atomic E-state index is 0.400. The average Bonchev–Trinajstić information content (AvgIpc) is 2.17. The number of ether oxygens (including phenoxy) is 1. The molecule has 0 aliphatic carbocycles. The molecular weight excluding hydrogens is 220 g/mol. The lowest BCUT2D eigenvalue weighted by molar-refractivity contribution is 0.0601. The van der Waals surface area contributed by atoms with Gasteiger partial charge in [-0.1, -0.05) is 18.5 Å². The molecule has 0 aromatic heterocycles. The lowest BCUT2D eigenvalue weighted by Gasteiger charge is -2.04. The maximum Gasteiger partial charge on any atom is 0.339 e. The number of carbonyl (C=O) groups excluding carboxylic acids is 1. The van der Waals surface area contributed by atoms with E-state index in [9.17, 15) is 4.79 Å². The summed E-state index contributed by atoms with van der Waals surface area (Å²) in [6.45, 7) is 2.06. The molecule has 0 saturated carbocycles. The zero-order valence-electron chi connectivity index (χ0n) is 8.04. The fourth-order valence-electron chi connectivity index (χ4n) is 1.03. The molecule has 1 rings (SSSR count). The lowest BCUT2D eigenvalue weighted by Crippen LogP contribution is -2.01. The van der Waals surface area contributed by atoms with E-state index in [1.54, 1.807) is 23.9 Å². The summed E-state index contributed by atoms with van der Waals surface area (Å²) in [4.78, 5) is 12.3. The van der Waals surface area contributed by atoms with E-state index in [0.717, 1.165) is 10.6 Å². The zero-order valence-corrected chi connectivity index (χ0v) is 9.61. The molecule has 76 valence electrons. The van der Waals surface area contributed by atoms with E-state index in [4.69, 9.17) is 11.6 Å². The Morgan fingerprint density at radius 2 is 2.29 bits per heavy atom. The van der Waals surface area contributed by atoms with Gasteiger partial charge in [0.15, 0.2) is 0 Å². The van der Waals surface area contributed by atoms with Crippen LogP contribution in [0.1, 0.15) is 17.3 Å². The van der Waals surface area contributed by atoms with Crippen molar-refractivity contribution in [1.29, 1.82) is 0 Å². The molecule has 0 spiro atoms. The molecule has 14 heavy (non-hydrogen) atoms. The fraction of sp³-hybridized carbons (Fsp3) is 0.300. The number of hydrogen-bond donors (Lipinski definition) is 0. The largest absolute Gasteiger partial charge is 0.465 e. The fourth-order valence-corrected chi connectivity index (χ4v) is 2.05. The van der Waals surface area contributed by atoms with Crippen molar-refractivity contribution in [2.45, 2.75) is 11.8 Å². The van der Waals surface area contributed by atoms with Crippen LogP contribution in [0.5, 0.6) is 0 Å². The van der Waals surface area contributed by atoms with Crippen LogP contribution in [0.15, 0.2) is 23.1 Å². The first-order valence-corrected chi connectivity index (χ1v) is 5.56. The summed E-state index contributed by atoms with van der Waals surface area (Å²) >= 11 is 7.61. The SMILES string of the molecule is CCSc1ccc(C(=O)OC)c(Cl)c1. The van der Waals surface area contributed by atoms with Crippen LogP contribution in [0.2, 0.25) is 5.02 Å². The summed E-state index contributed by atoms with van der Waals surface area (Å²) < 4.78 is 4.59. The minimum atomic E-state index is -0.400. The van der Waals surface area contributed by atoms with E-state index in [1.165, 1.54) is 7.11 Å². The molecule has 4 heteroatoms. The maximum atomic E-state index is 11.2.